The molecule has 0 saturated heterocycles. The number of nitrogens with zero attached hydrogens (tertiary/aromatic N) is 5. The highest BCUT2D eigenvalue weighted by Gasteiger charge is 2.16. The Labute approximate surface area is 86.1 Å². The maximum absolute atomic E-state index is 6.02. The summed E-state index contributed by atoms with van der Waals surface area (Å²) in [6.07, 6.45) is 3.36. The maximum atomic E-state index is 6.02. The second kappa shape index (κ2) is 3.49. The number of rotatable bonds is 2. The first-order valence-electron chi connectivity index (χ1n) is 4.36. The van der Waals surface area contributed by atoms with Crippen LogP contribution < -0.4 is 0 Å². The fraction of sp³-hybridized carbons (Fsp3) is 0.500. The highest BCUT2D eigenvalue weighted by Crippen LogP contribution is 2.21. The minimum Gasteiger partial charge on any atom is -0.259 e. The second-order valence-electron chi connectivity index (χ2n) is 3.25. The van der Waals surface area contributed by atoms with Gasteiger partial charge in [0, 0.05) is 17.5 Å². The molecule has 6 heteroatoms. The van der Waals surface area contributed by atoms with E-state index in [-0.39, 0.29) is 11.3 Å². The largest absolute Gasteiger partial charge is 0.259 e. The molecule has 2 rings (SSSR count). The zero-order valence-corrected chi connectivity index (χ0v) is 8.68. The zero-order valence-electron chi connectivity index (χ0n) is 7.92. The predicted molar refractivity (Wildman–Crippen MR) is 52.3 cm³/mol. The Kier molecular flexibility index (Phi) is 2.33. The monoisotopic (exact) mass is 211 g/mol. The Morgan fingerprint density at radius 1 is 1.36 bits per heavy atom. The first-order valence-corrected chi connectivity index (χ1v) is 4.80. The standard InChI is InChI=1S/C8H10ClN5/c1-5(6(2)9)7-3-10-4-8-11-12-13-14(7)8/h3-6H,1-2H3. The third-order valence-electron chi connectivity index (χ3n) is 2.29. The predicted octanol–water partition coefficient (Wildman–Crippen LogP) is 1.25. The van der Waals surface area contributed by atoms with Crippen molar-refractivity contribution in [2.24, 2.45) is 0 Å². The highest BCUT2D eigenvalue weighted by molar-refractivity contribution is 6.20. The van der Waals surface area contributed by atoms with Gasteiger partial charge in [-0.1, -0.05) is 6.92 Å². The van der Waals surface area contributed by atoms with Crippen LogP contribution in [0, 0.1) is 0 Å². The van der Waals surface area contributed by atoms with Gasteiger partial charge >= 0.3 is 0 Å². The van der Waals surface area contributed by atoms with Crippen molar-refractivity contribution in [2.75, 3.05) is 0 Å². The third kappa shape index (κ3) is 1.43. The smallest absolute Gasteiger partial charge is 0.197 e. The summed E-state index contributed by atoms with van der Waals surface area (Å²) in [6.45, 7) is 3.96. The number of hydrogen-bond donors (Lipinski definition) is 0. The fourth-order valence-corrected chi connectivity index (χ4v) is 1.37. The van der Waals surface area contributed by atoms with Crippen molar-refractivity contribution in [3.63, 3.8) is 0 Å². The number of hydrogen-bond acceptors (Lipinski definition) is 4. The van der Waals surface area contributed by atoms with E-state index in [1.807, 2.05) is 13.8 Å². The van der Waals surface area contributed by atoms with Gasteiger partial charge in [-0.3, -0.25) is 4.98 Å². The number of aromatic nitrogens is 5. The Bertz CT molecular complexity index is 438. The molecule has 0 N–H and O–H groups in total. The summed E-state index contributed by atoms with van der Waals surface area (Å²) < 4.78 is 1.66. The maximum Gasteiger partial charge on any atom is 0.197 e. The van der Waals surface area contributed by atoms with Crippen LogP contribution in [0.2, 0.25) is 0 Å². The molecule has 2 heterocycles. The van der Waals surface area contributed by atoms with Crippen LogP contribution in [0.1, 0.15) is 25.5 Å². The molecule has 0 fully saturated rings. The summed E-state index contributed by atoms with van der Waals surface area (Å²) in [6, 6.07) is 0. The van der Waals surface area contributed by atoms with Crippen LogP contribution in [0.4, 0.5) is 0 Å². The number of alkyl halides is 1. The molecular formula is C8H10ClN5. The van der Waals surface area contributed by atoms with Gasteiger partial charge in [0.1, 0.15) is 0 Å². The van der Waals surface area contributed by atoms with Crippen LogP contribution in [0.15, 0.2) is 12.4 Å². The minimum absolute atomic E-state index is 0.0200. The first kappa shape index (κ1) is 9.33. The van der Waals surface area contributed by atoms with Crippen LogP contribution >= 0.6 is 11.6 Å². The van der Waals surface area contributed by atoms with Crippen molar-refractivity contribution in [2.45, 2.75) is 25.1 Å². The molecule has 2 unspecified atom stereocenters. The number of fused-ring (bicyclic) bond motifs is 1. The van der Waals surface area contributed by atoms with Crippen molar-refractivity contribution < 1.29 is 0 Å². The number of tetrazole rings is 1. The molecule has 2 aromatic heterocycles. The van der Waals surface area contributed by atoms with Crippen LogP contribution in [0.3, 0.4) is 0 Å². The molecule has 2 aromatic rings. The van der Waals surface area contributed by atoms with E-state index < -0.39 is 0 Å². The number of halogens is 1. The van der Waals surface area contributed by atoms with Crippen molar-refractivity contribution in [1.29, 1.82) is 0 Å². The molecule has 2 atom stereocenters. The van der Waals surface area contributed by atoms with E-state index in [4.69, 9.17) is 11.6 Å². The van der Waals surface area contributed by atoms with E-state index in [1.165, 1.54) is 0 Å². The summed E-state index contributed by atoms with van der Waals surface area (Å²) in [5.74, 6) is 0.163. The molecule has 74 valence electrons. The van der Waals surface area contributed by atoms with Gasteiger partial charge in [0.25, 0.3) is 0 Å². The van der Waals surface area contributed by atoms with Gasteiger partial charge in [0.05, 0.1) is 11.9 Å². The van der Waals surface area contributed by atoms with Gasteiger partial charge in [0.2, 0.25) is 0 Å². The van der Waals surface area contributed by atoms with E-state index in [0.29, 0.717) is 5.65 Å². The average molecular weight is 212 g/mol. The molecule has 0 amide bonds. The highest BCUT2D eigenvalue weighted by atomic mass is 35.5. The lowest BCUT2D eigenvalue weighted by Crippen LogP contribution is -2.11. The van der Waals surface area contributed by atoms with Gasteiger partial charge in [-0.2, -0.15) is 4.52 Å². The van der Waals surface area contributed by atoms with Gasteiger partial charge < -0.3 is 0 Å². The summed E-state index contributed by atoms with van der Waals surface area (Å²) in [5.41, 5.74) is 1.57. The van der Waals surface area contributed by atoms with Crippen LogP contribution in [-0.2, 0) is 0 Å². The van der Waals surface area contributed by atoms with Crippen molar-refractivity contribution >= 4 is 17.2 Å². The van der Waals surface area contributed by atoms with Crippen LogP contribution in [-0.4, -0.2) is 30.4 Å². The van der Waals surface area contributed by atoms with E-state index in [0.717, 1.165) is 5.69 Å². The SMILES string of the molecule is CC(Cl)C(C)c1cncc2nnnn12. The Morgan fingerprint density at radius 2 is 2.14 bits per heavy atom. The van der Waals surface area contributed by atoms with Crippen molar-refractivity contribution in [3.05, 3.63) is 18.1 Å². The molecule has 0 aliphatic rings. The van der Waals surface area contributed by atoms with Crippen LogP contribution in [0.25, 0.3) is 5.65 Å². The van der Waals surface area contributed by atoms with Gasteiger partial charge in [-0.05, 0) is 17.4 Å². The molecule has 0 aliphatic carbocycles. The van der Waals surface area contributed by atoms with Crippen molar-refractivity contribution in [1.82, 2.24) is 25.0 Å². The lowest BCUT2D eigenvalue weighted by molar-refractivity contribution is 0.662. The molecule has 0 aliphatic heterocycles. The summed E-state index contributed by atoms with van der Waals surface area (Å²) >= 11 is 6.02. The molecule has 14 heavy (non-hydrogen) atoms. The van der Waals surface area contributed by atoms with E-state index in [9.17, 15) is 0 Å². The Morgan fingerprint density at radius 3 is 2.86 bits per heavy atom. The molecule has 0 saturated carbocycles. The molecule has 5 nitrogen and oxygen atoms in total. The topological polar surface area (TPSA) is 56.0 Å². The molecule has 0 aromatic carbocycles. The quantitative estimate of drug-likeness (QED) is 0.702. The summed E-state index contributed by atoms with van der Waals surface area (Å²) in [4.78, 5) is 4.07. The van der Waals surface area contributed by atoms with E-state index in [1.54, 1.807) is 16.9 Å². The third-order valence-corrected chi connectivity index (χ3v) is 2.67. The lowest BCUT2D eigenvalue weighted by atomic mass is 10.1. The van der Waals surface area contributed by atoms with Crippen LogP contribution in [0.5, 0.6) is 0 Å². The fourth-order valence-electron chi connectivity index (χ4n) is 1.24. The Hall–Kier alpha value is -1.23. The van der Waals surface area contributed by atoms with Gasteiger partial charge in [-0.25, -0.2) is 0 Å². The van der Waals surface area contributed by atoms with E-state index in [2.05, 4.69) is 20.5 Å². The lowest BCUT2D eigenvalue weighted by Gasteiger charge is -2.13. The second-order valence-corrected chi connectivity index (χ2v) is 3.94. The molecule has 0 radical (unpaired) electrons. The van der Waals surface area contributed by atoms with Gasteiger partial charge in [0.15, 0.2) is 5.65 Å². The molecular weight excluding hydrogens is 202 g/mol. The summed E-state index contributed by atoms with van der Waals surface area (Å²) in [7, 11) is 0. The van der Waals surface area contributed by atoms with Gasteiger partial charge in [-0.15, -0.1) is 16.7 Å². The first-order chi connectivity index (χ1) is 6.70. The summed E-state index contributed by atoms with van der Waals surface area (Å²) in [5, 5.41) is 11.3. The minimum atomic E-state index is 0.0200. The molecule has 0 bridgehead atoms. The van der Waals surface area contributed by atoms with Crippen molar-refractivity contribution in [3.8, 4) is 0 Å². The van der Waals surface area contributed by atoms with E-state index >= 15 is 0 Å². The normalized spacial score (nSPS) is 15.6. The average Bonchev–Trinajstić information content (AvgIpc) is 2.63. The Balaban J connectivity index is 2.56. The molecule has 0 spiro atoms. The zero-order chi connectivity index (χ0) is 10.1.